The van der Waals surface area contributed by atoms with Gasteiger partial charge < -0.3 is 14.5 Å². The molecule has 1 aromatic carbocycles. The first-order valence-corrected chi connectivity index (χ1v) is 9.90. The molecule has 0 spiro atoms. The minimum absolute atomic E-state index is 0.127. The third kappa shape index (κ3) is 4.81. The fourth-order valence-corrected chi connectivity index (χ4v) is 3.17. The Morgan fingerprint density at radius 2 is 1.86 bits per heavy atom. The number of rotatable bonds is 7. The van der Waals surface area contributed by atoms with E-state index in [1.54, 1.807) is 11.0 Å². The zero-order chi connectivity index (χ0) is 20.3. The zero-order valence-electron chi connectivity index (χ0n) is 16.7. The van der Waals surface area contributed by atoms with E-state index in [-0.39, 0.29) is 5.91 Å². The molecule has 2 aromatic rings. The molecule has 1 saturated heterocycles. The summed E-state index contributed by atoms with van der Waals surface area (Å²) in [7, 11) is 0. The average molecular weight is 399 g/mol. The van der Waals surface area contributed by atoms with Crippen LogP contribution in [0.1, 0.15) is 50.7 Å². The number of nitrogens with zero attached hydrogens (tertiary/aromatic N) is 1. The summed E-state index contributed by atoms with van der Waals surface area (Å²) in [6.07, 6.45) is 1.68. The highest BCUT2D eigenvalue weighted by atomic mass is 32.1. The van der Waals surface area contributed by atoms with Gasteiger partial charge in [-0.3, -0.25) is 9.69 Å². The monoisotopic (exact) mass is 398 g/mol. The standard InChI is InChI=1S/C22H26N2O3S/c1-14(2)12-24-21(25)20(23-22(24)28)11-18-9-10-19(27-18)13-26-17-7-5-16(6-8-17)15(3)4/h5-11,14-15H,12-13H2,1-4H3,(H,23,28)/b20-11+. The lowest BCUT2D eigenvalue weighted by atomic mass is 10.0. The van der Waals surface area contributed by atoms with Crippen molar-refractivity contribution >= 4 is 29.3 Å². The van der Waals surface area contributed by atoms with Crippen LogP contribution >= 0.6 is 12.2 Å². The zero-order valence-corrected chi connectivity index (χ0v) is 17.5. The number of ether oxygens (including phenoxy) is 1. The molecular weight excluding hydrogens is 372 g/mol. The van der Waals surface area contributed by atoms with Gasteiger partial charge in [-0.05, 0) is 53.9 Å². The van der Waals surface area contributed by atoms with Crippen LogP contribution in [0.5, 0.6) is 5.75 Å². The third-order valence-electron chi connectivity index (χ3n) is 4.41. The van der Waals surface area contributed by atoms with E-state index in [2.05, 4.69) is 31.3 Å². The maximum Gasteiger partial charge on any atom is 0.276 e. The van der Waals surface area contributed by atoms with Crippen molar-refractivity contribution in [1.82, 2.24) is 10.2 Å². The highest BCUT2D eigenvalue weighted by Crippen LogP contribution is 2.21. The first-order chi connectivity index (χ1) is 13.3. The maximum atomic E-state index is 12.5. The molecule has 1 amide bonds. The Labute approximate surface area is 171 Å². The minimum Gasteiger partial charge on any atom is -0.486 e. The Bertz CT molecular complexity index is 881. The second kappa shape index (κ2) is 8.61. The van der Waals surface area contributed by atoms with Gasteiger partial charge >= 0.3 is 0 Å². The number of hydrogen-bond donors (Lipinski definition) is 1. The molecule has 5 nitrogen and oxygen atoms in total. The summed E-state index contributed by atoms with van der Waals surface area (Å²) < 4.78 is 11.6. The molecule has 0 unspecified atom stereocenters. The highest BCUT2D eigenvalue weighted by molar-refractivity contribution is 7.80. The second-order valence-electron chi connectivity index (χ2n) is 7.61. The lowest BCUT2D eigenvalue weighted by Crippen LogP contribution is -2.33. The van der Waals surface area contributed by atoms with Crippen molar-refractivity contribution in [3.8, 4) is 5.75 Å². The van der Waals surface area contributed by atoms with Gasteiger partial charge in [-0.2, -0.15) is 0 Å². The Kier molecular flexibility index (Phi) is 6.19. The van der Waals surface area contributed by atoms with Gasteiger partial charge in [-0.25, -0.2) is 0 Å². The molecule has 148 valence electrons. The van der Waals surface area contributed by atoms with E-state index in [1.165, 1.54) is 5.56 Å². The van der Waals surface area contributed by atoms with E-state index in [9.17, 15) is 4.79 Å². The molecule has 1 aliphatic rings. The van der Waals surface area contributed by atoms with Gasteiger partial charge in [0.15, 0.2) is 5.11 Å². The van der Waals surface area contributed by atoms with E-state index in [0.717, 1.165) is 5.75 Å². The Morgan fingerprint density at radius 3 is 2.50 bits per heavy atom. The van der Waals surface area contributed by atoms with E-state index >= 15 is 0 Å². The predicted molar refractivity (Wildman–Crippen MR) is 114 cm³/mol. The van der Waals surface area contributed by atoms with E-state index in [1.807, 2.05) is 38.1 Å². The Balaban J connectivity index is 1.62. The quantitative estimate of drug-likeness (QED) is 0.541. The van der Waals surface area contributed by atoms with Crippen molar-refractivity contribution in [2.45, 2.75) is 40.2 Å². The number of nitrogens with one attached hydrogen (secondary N) is 1. The summed E-state index contributed by atoms with van der Waals surface area (Å²) in [5.41, 5.74) is 1.70. The minimum atomic E-state index is -0.127. The lowest BCUT2D eigenvalue weighted by molar-refractivity contribution is -0.122. The molecule has 0 atom stereocenters. The summed E-state index contributed by atoms with van der Waals surface area (Å²) in [5, 5.41) is 3.40. The van der Waals surface area contributed by atoms with Gasteiger partial charge in [0, 0.05) is 12.6 Å². The Hall–Kier alpha value is -2.60. The number of carbonyl (C=O) groups excluding carboxylic acids is 1. The molecule has 0 bridgehead atoms. The summed E-state index contributed by atoms with van der Waals surface area (Å²) >= 11 is 5.26. The van der Waals surface area contributed by atoms with Gasteiger partial charge in [-0.15, -0.1) is 0 Å². The number of benzene rings is 1. The van der Waals surface area contributed by atoms with E-state index < -0.39 is 0 Å². The third-order valence-corrected chi connectivity index (χ3v) is 4.73. The summed E-state index contributed by atoms with van der Waals surface area (Å²) in [4.78, 5) is 14.1. The second-order valence-corrected chi connectivity index (χ2v) is 8.00. The average Bonchev–Trinajstić information content (AvgIpc) is 3.20. The van der Waals surface area contributed by atoms with Gasteiger partial charge in [0.1, 0.15) is 29.6 Å². The van der Waals surface area contributed by atoms with Crippen LogP contribution in [0.25, 0.3) is 6.08 Å². The molecular formula is C22H26N2O3S. The van der Waals surface area contributed by atoms with Crippen LogP contribution in [0, 0.1) is 5.92 Å². The Morgan fingerprint density at radius 1 is 1.14 bits per heavy atom. The fourth-order valence-electron chi connectivity index (χ4n) is 2.90. The first-order valence-electron chi connectivity index (χ1n) is 9.49. The van der Waals surface area contributed by atoms with Crippen molar-refractivity contribution < 1.29 is 13.9 Å². The topological polar surface area (TPSA) is 54.7 Å². The molecule has 0 radical (unpaired) electrons. The van der Waals surface area contributed by atoms with E-state index in [0.29, 0.717) is 47.3 Å². The molecule has 1 aromatic heterocycles. The van der Waals surface area contributed by atoms with Crippen molar-refractivity contribution in [2.24, 2.45) is 5.92 Å². The number of amides is 1. The van der Waals surface area contributed by atoms with Gasteiger partial charge in [0.2, 0.25) is 0 Å². The molecule has 1 aliphatic heterocycles. The molecule has 0 saturated carbocycles. The van der Waals surface area contributed by atoms with Crippen LogP contribution in [0.3, 0.4) is 0 Å². The van der Waals surface area contributed by atoms with Crippen LogP contribution in [0.15, 0.2) is 46.5 Å². The molecule has 0 aliphatic carbocycles. The highest BCUT2D eigenvalue weighted by Gasteiger charge is 2.31. The van der Waals surface area contributed by atoms with Gasteiger partial charge in [0.05, 0.1) is 0 Å². The lowest BCUT2D eigenvalue weighted by Gasteiger charge is -2.15. The van der Waals surface area contributed by atoms with Gasteiger partial charge in [0.25, 0.3) is 5.91 Å². The van der Waals surface area contributed by atoms with Crippen LogP contribution in [0.4, 0.5) is 0 Å². The van der Waals surface area contributed by atoms with Gasteiger partial charge in [-0.1, -0.05) is 39.8 Å². The maximum absolute atomic E-state index is 12.5. The van der Waals surface area contributed by atoms with Crippen LogP contribution in [0.2, 0.25) is 0 Å². The number of hydrogen-bond acceptors (Lipinski definition) is 4. The number of carbonyl (C=O) groups is 1. The molecule has 2 heterocycles. The summed E-state index contributed by atoms with van der Waals surface area (Å²) in [5.74, 6) is 2.77. The normalized spacial score (nSPS) is 15.8. The largest absolute Gasteiger partial charge is 0.486 e. The van der Waals surface area contributed by atoms with Crippen molar-refractivity contribution in [3.05, 3.63) is 59.2 Å². The van der Waals surface area contributed by atoms with E-state index in [4.69, 9.17) is 21.4 Å². The fraction of sp³-hybridized carbons (Fsp3) is 0.364. The molecule has 1 N–H and O–H groups in total. The van der Waals surface area contributed by atoms with Crippen LogP contribution < -0.4 is 10.1 Å². The van der Waals surface area contributed by atoms with Crippen LogP contribution in [-0.2, 0) is 11.4 Å². The molecule has 6 heteroatoms. The van der Waals surface area contributed by atoms with Crippen molar-refractivity contribution in [2.75, 3.05) is 6.54 Å². The summed E-state index contributed by atoms with van der Waals surface area (Å²) in [6.45, 7) is 9.33. The number of furan rings is 1. The predicted octanol–water partition coefficient (Wildman–Crippen LogP) is 4.70. The number of thiocarbonyl (C=S) groups is 1. The summed E-state index contributed by atoms with van der Waals surface area (Å²) in [6, 6.07) is 11.7. The van der Waals surface area contributed by atoms with Crippen molar-refractivity contribution in [3.63, 3.8) is 0 Å². The molecule has 1 fully saturated rings. The first kappa shape index (κ1) is 20.1. The van der Waals surface area contributed by atoms with Crippen molar-refractivity contribution in [1.29, 1.82) is 0 Å². The smallest absolute Gasteiger partial charge is 0.276 e. The SMILES string of the molecule is CC(C)CN1C(=O)/C(=C\c2ccc(COc3ccc(C(C)C)cc3)o2)NC1=S. The molecule has 28 heavy (non-hydrogen) atoms. The molecule has 3 rings (SSSR count). The van der Waals surface area contributed by atoms with Crippen LogP contribution in [-0.4, -0.2) is 22.5 Å².